The Hall–Kier alpha value is -3.78. The van der Waals surface area contributed by atoms with Crippen LogP contribution < -0.4 is 21.1 Å². The molecule has 4 N–H and O–H groups in total. The number of nitrogens with zero attached hydrogens (tertiary/aromatic N) is 4. The highest BCUT2D eigenvalue weighted by atomic mass is 16.5. The fourth-order valence-corrected chi connectivity index (χ4v) is 4.05. The van der Waals surface area contributed by atoms with Crippen LogP contribution in [-0.2, 0) is 13.5 Å². The maximum Gasteiger partial charge on any atom is 0.227 e. The van der Waals surface area contributed by atoms with Crippen LogP contribution >= 0.6 is 0 Å². The van der Waals surface area contributed by atoms with Gasteiger partial charge in [-0.2, -0.15) is 0 Å². The number of nitrogens with one attached hydrogen (secondary N) is 2. The van der Waals surface area contributed by atoms with Crippen molar-refractivity contribution in [1.29, 1.82) is 0 Å². The molecular weight excluding hydrogens is 414 g/mol. The fourth-order valence-electron chi connectivity index (χ4n) is 4.05. The standard InChI is InChI=1S/C25H31N7O/c1-27-20-14-22(33-5)24(17(23(20)26)11-13-31(2)3)30-25-28-12-10-19(29-25)18-15-32(4)21-9-7-6-8-16(18)21/h6-10,12,14-15,27H,11,13,26H2,1-5H3,(H,28,29,30). The molecule has 8 nitrogen and oxygen atoms in total. The third kappa shape index (κ3) is 4.42. The summed E-state index contributed by atoms with van der Waals surface area (Å²) >= 11 is 0. The van der Waals surface area contributed by atoms with Gasteiger partial charge in [-0.25, -0.2) is 9.97 Å². The van der Waals surface area contributed by atoms with Gasteiger partial charge in [0, 0.05) is 61.1 Å². The maximum atomic E-state index is 6.52. The summed E-state index contributed by atoms with van der Waals surface area (Å²) in [5.74, 6) is 1.17. The van der Waals surface area contributed by atoms with Crippen molar-refractivity contribution in [3.63, 3.8) is 0 Å². The first-order valence-corrected chi connectivity index (χ1v) is 10.9. The number of hydrogen-bond donors (Lipinski definition) is 3. The highest BCUT2D eigenvalue weighted by Crippen LogP contribution is 2.40. The molecule has 0 aliphatic heterocycles. The van der Waals surface area contributed by atoms with Gasteiger partial charge < -0.3 is 30.6 Å². The number of nitrogen functional groups attached to an aromatic ring is 1. The van der Waals surface area contributed by atoms with E-state index in [9.17, 15) is 0 Å². The molecule has 0 atom stereocenters. The van der Waals surface area contributed by atoms with Crippen molar-refractivity contribution in [2.24, 2.45) is 7.05 Å². The molecular formula is C25H31N7O. The lowest BCUT2D eigenvalue weighted by Gasteiger charge is -2.21. The lowest BCUT2D eigenvalue weighted by Crippen LogP contribution is -2.17. The lowest BCUT2D eigenvalue weighted by molar-refractivity contribution is 0.409. The first-order valence-electron chi connectivity index (χ1n) is 10.9. The van der Waals surface area contributed by atoms with Gasteiger partial charge >= 0.3 is 0 Å². The van der Waals surface area contributed by atoms with Crippen LogP contribution in [0.1, 0.15) is 5.56 Å². The Labute approximate surface area is 194 Å². The van der Waals surface area contributed by atoms with Gasteiger partial charge in [-0.05, 0) is 32.6 Å². The van der Waals surface area contributed by atoms with Crippen LogP contribution in [0.25, 0.3) is 22.2 Å². The molecule has 4 rings (SSSR count). The summed E-state index contributed by atoms with van der Waals surface area (Å²) in [5, 5.41) is 7.70. The molecule has 0 radical (unpaired) electrons. The average molecular weight is 446 g/mol. The van der Waals surface area contributed by atoms with Crippen LogP contribution in [0, 0.1) is 0 Å². The van der Waals surface area contributed by atoms with E-state index < -0.39 is 0 Å². The highest BCUT2D eigenvalue weighted by Gasteiger charge is 2.19. The number of anilines is 4. The predicted octanol–water partition coefficient (Wildman–Crippen LogP) is 4.12. The number of aryl methyl sites for hydroxylation is 1. The molecule has 2 heterocycles. The van der Waals surface area contributed by atoms with Crippen molar-refractivity contribution in [1.82, 2.24) is 19.4 Å². The van der Waals surface area contributed by atoms with Crippen LogP contribution in [0.4, 0.5) is 23.0 Å². The van der Waals surface area contributed by atoms with Crippen LogP contribution in [0.15, 0.2) is 48.8 Å². The third-order valence-electron chi connectivity index (χ3n) is 5.80. The summed E-state index contributed by atoms with van der Waals surface area (Å²) in [6, 6.07) is 12.1. The van der Waals surface area contributed by atoms with Gasteiger partial charge in [0.15, 0.2) is 0 Å². The molecule has 0 unspecified atom stereocenters. The Morgan fingerprint density at radius 2 is 1.97 bits per heavy atom. The Morgan fingerprint density at radius 1 is 1.18 bits per heavy atom. The van der Waals surface area contributed by atoms with Crippen molar-refractivity contribution >= 4 is 33.9 Å². The van der Waals surface area contributed by atoms with Crippen LogP contribution in [-0.4, -0.2) is 54.2 Å². The lowest BCUT2D eigenvalue weighted by atomic mass is 10.0. The predicted molar refractivity (Wildman–Crippen MR) is 136 cm³/mol. The molecule has 0 fully saturated rings. The molecule has 0 saturated carbocycles. The van der Waals surface area contributed by atoms with Crippen LogP contribution in [0.2, 0.25) is 0 Å². The van der Waals surface area contributed by atoms with Crippen molar-refractivity contribution in [3.8, 4) is 17.0 Å². The van der Waals surface area contributed by atoms with Gasteiger partial charge in [-0.3, -0.25) is 0 Å². The number of hydrogen-bond acceptors (Lipinski definition) is 7. The zero-order valence-corrected chi connectivity index (χ0v) is 19.8. The summed E-state index contributed by atoms with van der Waals surface area (Å²) in [5.41, 5.74) is 12.8. The molecule has 2 aromatic carbocycles. The number of rotatable bonds is 8. The quantitative estimate of drug-likeness (QED) is 0.351. The number of benzene rings is 2. The number of aromatic nitrogens is 3. The van der Waals surface area contributed by atoms with Gasteiger partial charge in [0.2, 0.25) is 5.95 Å². The second kappa shape index (κ2) is 9.38. The Bertz CT molecular complexity index is 1280. The topological polar surface area (TPSA) is 93.3 Å². The largest absolute Gasteiger partial charge is 0.494 e. The minimum atomic E-state index is 0.487. The van der Waals surface area contributed by atoms with E-state index in [1.165, 1.54) is 0 Å². The molecule has 0 amide bonds. The summed E-state index contributed by atoms with van der Waals surface area (Å²) in [7, 11) is 9.63. The van der Waals surface area contributed by atoms with E-state index in [0.29, 0.717) is 17.4 Å². The second-order valence-corrected chi connectivity index (χ2v) is 8.26. The summed E-state index contributed by atoms with van der Waals surface area (Å²) in [6.07, 6.45) is 4.61. The Kier molecular flexibility index (Phi) is 6.37. The molecule has 0 spiro atoms. The van der Waals surface area contributed by atoms with Gasteiger partial charge in [0.05, 0.1) is 29.9 Å². The molecule has 0 aliphatic rings. The third-order valence-corrected chi connectivity index (χ3v) is 5.80. The van der Waals surface area contributed by atoms with Gasteiger partial charge in [0.25, 0.3) is 0 Å². The molecule has 0 saturated heterocycles. The highest BCUT2D eigenvalue weighted by molar-refractivity contribution is 5.95. The monoisotopic (exact) mass is 445 g/mol. The molecule has 4 aromatic rings. The first kappa shape index (κ1) is 22.4. The van der Waals surface area contributed by atoms with E-state index in [-0.39, 0.29) is 0 Å². The molecule has 33 heavy (non-hydrogen) atoms. The smallest absolute Gasteiger partial charge is 0.227 e. The van der Waals surface area contributed by atoms with Gasteiger partial charge in [0.1, 0.15) is 5.75 Å². The number of ether oxygens (including phenoxy) is 1. The number of methoxy groups -OCH3 is 1. The number of likely N-dealkylation sites (N-methyl/N-ethyl adjacent to an activating group) is 1. The van der Waals surface area contributed by atoms with Crippen molar-refractivity contribution in [2.45, 2.75) is 6.42 Å². The van der Waals surface area contributed by atoms with Gasteiger partial charge in [-0.15, -0.1) is 0 Å². The van der Waals surface area contributed by atoms with E-state index >= 15 is 0 Å². The molecule has 8 heteroatoms. The molecule has 2 aromatic heterocycles. The average Bonchev–Trinajstić information content (AvgIpc) is 3.16. The van der Waals surface area contributed by atoms with E-state index in [0.717, 1.165) is 52.1 Å². The summed E-state index contributed by atoms with van der Waals surface area (Å²) in [4.78, 5) is 11.4. The Balaban J connectivity index is 1.77. The van der Waals surface area contributed by atoms with E-state index in [4.69, 9.17) is 15.5 Å². The van der Waals surface area contributed by atoms with Crippen molar-refractivity contribution in [3.05, 3.63) is 54.4 Å². The maximum absolute atomic E-state index is 6.52. The van der Waals surface area contributed by atoms with Gasteiger partial charge in [-0.1, -0.05) is 18.2 Å². The number of nitrogens with two attached hydrogens (primary N) is 1. The van der Waals surface area contributed by atoms with Crippen LogP contribution in [0.3, 0.4) is 0 Å². The van der Waals surface area contributed by atoms with Crippen LogP contribution in [0.5, 0.6) is 5.75 Å². The minimum Gasteiger partial charge on any atom is -0.494 e. The number of fused-ring (bicyclic) bond motifs is 1. The van der Waals surface area contributed by atoms with E-state index in [1.807, 2.05) is 52.5 Å². The normalized spacial score (nSPS) is 11.2. The Morgan fingerprint density at radius 3 is 2.70 bits per heavy atom. The molecule has 0 aliphatic carbocycles. The molecule has 0 bridgehead atoms. The first-order chi connectivity index (χ1) is 15.9. The van der Waals surface area contributed by atoms with Crippen molar-refractivity contribution in [2.75, 3.05) is 51.2 Å². The van der Waals surface area contributed by atoms with Crippen molar-refractivity contribution < 1.29 is 4.74 Å². The summed E-state index contributed by atoms with van der Waals surface area (Å²) in [6.45, 7) is 0.839. The summed E-state index contributed by atoms with van der Waals surface area (Å²) < 4.78 is 7.82. The minimum absolute atomic E-state index is 0.487. The fraction of sp³-hybridized carbons (Fsp3) is 0.280. The SMILES string of the molecule is CNc1cc(OC)c(Nc2nccc(-c3cn(C)c4ccccc34)n2)c(CCN(C)C)c1N. The number of para-hydroxylation sites is 1. The zero-order chi connectivity index (χ0) is 23.5. The molecule has 172 valence electrons. The zero-order valence-electron chi connectivity index (χ0n) is 19.8. The van der Waals surface area contributed by atoms with E-state index in [1.54, 1.807) is 13.3 Å². The van der Waals surface area contributed by atoms with E-state index in [2.05, 4.69) is 43.4 Å². The second-order valence-electron chi connectivity index (χ2n) is 8.26.